The molecule has 0 amide bonds. The molecule has 0 radical (unpaired) electrons. The Kier molecular flexibility index (Phi) is 5.52. The normalized spacial score (nSPS) is 13.5. The molecular formula is C23H18F3N3O2S. The molecule has 1 aromatic heterocycles. The van der Waals surface area contributed by atoms with Gasteiger partial charge in [0, 0.05) is 40.2 Å². The quantitative estimate of drug-likeness (QED) is 0.367. The number of fused-ring (bicyclic) bond motifs is 1. The predicted octanol–water partition coefficient (Wildman–Crippen LogP) is 6.49. The summed E-state index contributed by atoms with van der Waals surface area (Å²) in [6.07, 6.45) is -1.54. The van der Waals surface area contributed by atoms with Gasteiger partial charge < -0.3 is 10.4 Å². The van der Waals surface area contributed by atoms with Gasteiger partial charge >= 0.3 is 6.18 Å². The van der Waals surface area contributed by atoms with Gasteiger partial charge in [-0.15, -0.1) is 0 Å². The first-order chi connectivity index (χ1) is 15.1. The van der Waals surface area contributed by atoms with Gasteiger partial charge in [0.1, 0.15) is 5.75 Å². The van der Waals surface area contributed by atoms with E-state index in [1.807, 2.05) is 6.07 Å². The number of rotatable bonds is 4. The summed E-state index contributed by atoms with van der Waals surface area (Å²) in [4.78, 5) is 4.86. The van der Waals surface area contributed by atoms with Crippen LogP contribution in [0.15, 0.2) is 88.3 Å². The second kappa shape index (κ2) is 8.16. The van der Waals surface area contributed by atoms with E-state index >= 15 is 0 Å². The van der Waals surface area contributed by atoms with Crippen LogP contribution in [0.5, 0.6) is 5.75 Å². The molecule has 0 aliphatic rings. The number of pyridine rings is 1. The minimum Gasteiger partial charge on any atom is -0.508 e. The van der Waals surface area contributed by atoms with E-state index in [2.05, 4.69) is 14.7 Å². The van der Waals surface area contributed by atoms with Crippen molar-refractivity contribution in [1.82, 2.24) is 4.98 Å². The largest absolute Gasteiger partial charge is 0.508 e. The van der Waals surface area contributed by atoms with Crippen molar-refractivity contribution in [3.8, 4) is 5.75 Å². The van der Waals surface area contributed by atoms with Gasteiger partial charge in [0.05, 0.1) is 26.5 Å². The molecule has 0 aliphatic carbocycles. The fraction of sp³-hybridized carbons (Fsp3) is 0.0870. The smallest absolute Gasteiger partial charge is 0.416 e. The zero-order valence-electron chi connectivity index (χ0n) is 16.8. The monoisotopic (exact) mass is 457 g/mol. The van der Waals surface area contributed by atoms with Crippen LogP contribution < -0.4 is 5.32 Å². The highest BCUT2D eigenvalue weighted by Crippen LogP contribution is 2.36. The fourth-order valence-corrected chi connectivity index (χ4v) is 4.51. The molecule has 1 heterocycles. The van der Waals surface area contributed by atoms with E-state index < -0.39 is 27.2 Å². The van der Waals surface area contributed by atoms with Gasteiger partial charge in [-0.25, -0.2) is 4.21 Å². The number of nitrogens with one attached hydrogen (secondary N) is 1. The van der Waals surface area contributed by atoms with Crippen LogP contribution in [-0.4, -0.2) is 20.6 Å². The Morgan fingerprint density at radius 3 is 2.47 bits per heavy atom. The first-order valence-electron chi connectivity index (χ1n) is 9.46. The molecule has 0 fully saturated rings. The summed E-state index contributed by atoms with van der Waals surface area (Å²) >= 11 is 0. The number of halogens is 3. The molecule has 0 saturated heterocycles. The maximum absolute atomic E-state index is 13.1. The van der Waals surface area contributed by atoms with Crippen LogP contribution in [0.25, 0.3) is 10.9 Å². The molecule has 3 aromatic carbocycles. The molecule has 0 bridgehead atoms. The molecule has 2 N–H and O–H groups in total. The molecule has 5 nitrogen and oxygen atoms in total. The molecule has 0 saturated carbocycles. The van der Waals surface area contributed by atoms with E-state index in [-0.39, 0.29) is 5.69 Å². The van der Waals surface area contributed by atoms with E-state index in [1.54, 1.807) is 54.8 Å². The molecule has 9 heteroatoms. The predicted molar refractivity (Wildman–Crippen MR) is 119 cm³/mol. The molecular weight excluding hydrogens is 439 g/mol. The van der Waals surface area contributed by atoms with Gasteiger partial charge in [-0.05, 0) is 48.5 Å². The first-order valence-corrected chi connectivity index (χ1v) is 11.4. The number of hydrogen-bond donors (Lipinski definition) is 2. The Morgan fingerprint density at radius 2 is 1.75 bits per heavy atom. The van der Waals surface area contributed by atoms with E-state index in [0.29, 0.717) is 33.2 Å². The molecule has 1 atom stereocenters. The molecule has 0 aliphatic heterocycles. The number of phenolic OH excluding ortho intramolecular Hbond substituents is 1. The van der Waals surface area contributed by atoms with Crippen molar-refractivity contribution in [2.45, 2.75) is 11.1 Å². The molecule has 0 unspecified atom stereocenters. The van der Waals surface area contributed by atoms with Gasteiger partial charge in [0.15, 0.2) is 0 Å². The average molecular weight is 457 g/mol. The van der Waals surface area contributed by atoms with Crippen LogP contribution in [0, 0.1) is 0 Å². The molecule has 164 valence electrons. The number of hydrogen-bond acceptors (Lipinski definition) is 5. The molecule has 4 rings (SSSR count). The second-order valence-electron chi connectivity index (χ2n) is 7.16. The lowest BCUT2D eigenvalue weighted by molar-refractivity contribution is -0.137. The fourth-order valence-electron chi connectivity index (χ4n) is 3.23. The summed E-state index contributed by atoms with van der Waals surface area (Å²) in [5.41, 5.74) is 0.579. The Bertz CT molecular complexity index is 1410. The number of benzene rings is 3. The standard InChI is InChI=1S/C23H18F3N3O2S/c1-32(31,19-5-3-2-4-6-19)29-16-7-8-21-20(14-16)22(9-10-27-21)28-17-11-15(23(24,25)26)12-18(30)13-17/h2-14,30H,1H3,(H,27,28)/t32-/m1/s1. The highest BCUT2D eigenvalue weighted by atomic mass is 32.2. The van der Waals surface area contributed by atoms with Crippen LogP contribution in [0.3, 0.4) is 0 Å². The zero-order valence-corrected chi connectivity index (χ0v) is 17.6. The maximum Gasteiger partial charge on any atom is 0.416 e. The van der Waals surface area contributed by atoms with Gasteiger partial charge in [-0.3, -0.25) is 4.98 Å². The third kappa shape index (κ3) is 4.67. The second-order valence-corrected chi connectivity index (χ2v) is 9.42. The van der Waals surface area contributed by atoms with Crippen molar-refractivity contribution in [1.29, 1.82) is 0 Å². The molecule has 0 spiro atoms. The number of alkyl halides is 3. The lowest BCUT2D eigenvalue weighted by atomic mass is 10.1. The van der Waals surface area contributed by atoms with Crippen LogP contribution in [0.4, 0.5) is 30.2 Å². The molecule has 32 heavy (non-hydrogen) atoms. The van der Waals surface area contributed by atoms with Crippen molar-refractivity contribution in [2.75, 3.05) is 11.6 Å². The van der Waals surface area contributed by atoms with E-state index in [4.69, 9.17) is 0 Å². The Labute approximate surface area is 182 Å². The van der Waals surface area contributed by atoms with Gasteiger partial charge in [-0.1, -0.05) is 18.2 Å². The first kappa shape index (κ1) is 21.6. The van der Waals surface area contributed by atoms with Crippen molar-refractivity contribution in [3.63, 3.8) is 0 Å². The highest BCUT2D eigenvalue weighted by Gasteiger charge is 2.31. The Morgan fingerprint density at radius 1 is 1.00 bits per heavy atom. The van der Waals surface area contributed by atoms with Crippen molar-refractivity contribution in [2.24, 2.45) is 4.36 Å². The topological polar surface area (TPSA) is 74.6 Å². The highest BCUT2D eigenvalue weighted by molar-refractivity contribution is 7.93. The van der Waals surface area contributed by atoms with Crippen LogP contribution >= 0.6 is 0 Å². The van der Waals surface area contributed by atoms with E-state index in [9.17, 15) is 22.5 Å². The number of aromatic hydroxyl groups is 1. The third-order valence-electron chi connectivity index (χ3n) is 4.71. The number of nitrogens with zero attached hydrogens (tertiary/aromatic N) is 2. The van der Waals surface area contributed by atoms with Crippen LogP contribution in [0.2, 0.25) is 0 Å². The van der Waals surface area contributed by atoms with Gasteiger partial charge in [-0.2, -0.15) is 17.5 Å². The number of aromatic nitrogens is 1. The summed E-state index contributed by atoms with van der Waals surface area (Å²) < 4.78 is 56.8. The van der Waals surface area contributed by atoms with Crippen molar-refractivity contribution < 1.29 is 22.5 Å². The summed E-state index contributed by atoms with van der Waals surface area (Å²) in [7, 11) is -2.71. The Hall–Kier alpha value is -3.59. The van der Waals surface area contributed by atoms with E-state index in [0.717, 1.165) is 6.07 Å². The lowest BCUT2D eigenvalue weighted by Crippen LogP contribution is -2.05. The Balaban J connectivity index is 1.77. The maximum atomic E-state index is 13.1. The summed E-state index contributed by atoms with van der Waals surface area (Å²) in [5, 5.41) is 13.2. The SMILES string of the molecule is C[S@](=O)(=Nc1ccc2nccc(Nc3cc(O)cc(C(F)(F)F)c3)c2c1)c1ccccc1. The van der Waals surface area contributed by atoms with Crippen molar-refractivity contribution >= 4 is 37.7 Å². The van der Waals surface area contributed by atoms with Crippen LogP contribution in [-0.2, 0) is 15.9 Å². The summed E-state index contributed by atoms with van der Waals surface area (Å²) in [5.74, 6) is -0.509. The van der Waals surface area contributed by atoms with Crippen molar-refractivity contribution in [3.05, 3.63) is 84.6 Å². The third-order valence-corrected chi connectivity index (χ3v) is 6.42. The van der Waals surface area contributed by atoms with Crippen LogP contribution in [0.1, 0.15) is 5.56 Å². The number of phenols is 1. The molecule has 4 aromatic rings. The zero-order chi connectivity index (χ0) is 22.9. The number of anilines is 2. The minimum absolute atomic E-state index is 0.0655. The summed E-state index contributed by atoms with van der Waals surface area (Å²) in [6.45, 7) is 0. The summed E-state index contributed by atoms with van der Waals surface area (Å²) in [6, 6.07) is 18.3. The van der Waals surface area contributed by atoms with Gasteiger partial charge in [0.2, 0.25) is 0 Å². The van der Waals surface area contributed by atoms with E-state index in [1.165, 1.54) is 12.3 Å². The van der Waals surface area contributed by atoms with Gasteiger partial charge in [0.25, 0.3) is 0 Å². The average Bonchev–Trinajstić information content (AvgIpc) is 2.73. The lowest BCUT2D eigenvalue weighted by Gasteiger charge is -2.13. The minimum atomic E-state index is -4.60.